The second-order valence-corrected chi connectivity index (χ2v) is 6.68. The number of carbonyl (C=O) groups is 1. The van der Waals surface area contributed by atoms with Crippen molar-refractivity contribution in [1.29, 1.82) is 0 Å². The highest BCUT2D eigenvalue weighted by Gasteiger charge is 2.16. The SMILES string of the molecule is CN(C)c1nnc(-n2ncc3c(C(N)=O)cccc32)nc1NCc1ccccc1. The lowest BCUT2D eigenvalue weighted by molar-refractivity contribution is 0.100. The number of nitrogens with two attached hydrogens (primary N) is 1. The molecule has 29 heavy (non-hydrogen) atoms. The maximum Gasteiger partial charge on any atom is 0.272 e. The van der Waals surface area contributed by atoms with Crippen LogP contribution in [0.25, 0.3) is 16.9 Å². The van der Waals surface area contributed by atoms with Crippen molar-refractivity contribution in [2.24, 2.45) is 5.73 Å². The number of fused-ring (bicyclic) bond motifs is 1. The Hall–Kier alpha value is -4.01. The fourth-order valence-corrected chi connectivity index (χ4v) is 3.03. The number of nitrogens with one attached hydrogen (secondary N) is 1. The third-order valence-electron chi connectivity index (χ3n) is 4.45. The molecule has 0 atom stereocenters. The summed E-state index contributed by atoms with van der Waals surface area (Å²) < 4.78 is 1.54. The molecule has 0 fully saturated rings. The first-order valence-electron chi connectivity index (χ1n) is 9.01. The molecule has 2 aromatic carbocycles. The lowest BCUT2D eigenvalue weighted by Crippen LogP contribution is -2.18. The van der Waals surface area contributed by atoms with Gasteiger partial charge in [0.25, 0.3) is 5.95 Å². The fraction of sp³-hybridized carbons (Fsp3) is 0.150. The van der Waals surface area contributed by atoms with E-state index in [2.05, 4.69) is 25.6 Å². The first kappa shape index (κ1) is 18.4. The summed E-state index contributed by atoms with van der Waals surface area (Å²) in [6, 6.07) is 15.2. The Bertz CT molecular complexity index is 1170. The molecule has 2 aromatic heterocycles. The van der Waals surface area contributed by atoms with Crippen molar-refractivity contribution in [3.8, 4) is 5.95 Å². The van der Waals surface area contributed by atoms with Crippen LogP contribution in [0.1, 0.15) is 15.9 Å². The van der Waals surface area contributed by atoms with E-state index in [9.17, 15) is 4.79 Å². The number of aromatic nitrogens is 5. The van der Waals surface area contributed by atoms with Crippen LogP contribution in [0.2, 0.25) is 0 Å². The molecule has 9 nitrogen and oxygen atoms in total. The number of nitrogens with zero attached hydrogens (tertiary/aromatic N) is 6. The minimum Gasteiger partial charge on any atom is -0.366 e. The summed E-state index contributed by atoms with van der Waals surface area (Å²) in [6.07, 6.45) is 1.58. The zero-order valence-corrected chi connectivity index (χ0v) is 16.1. The number of primary amides is 1. The zero-order valence-electron chi connectivity index (χ0n) is 16.1. The van der Waals surface area contributed by atoms with Crippen molar-refractivity contribution in [3.63, 3.8) is 0 Å². The number of hydrogen-bond acceptors (Lipinski definition) is 7. The monoisotopic (exact) mass is 388 g/mol. The van der Waals surface area contributed by atoms with Gasteiger partial charge in [0.15, 0.2) is 11.6 Å². The van der Waals surface area contributed by atoms with Crippen molar-refractivity contribution in [3.05, 3.63) is 65.9 Å². The van der Waals surface area contributed by atoms with Gasteiger partial charge in [0, 0.05) is 26.0 Å². The van der Waals surface area contributed by atoms with E-state index in [1.807, 2.05) is 55.4 Å². The summed E-state index contributed by atoms with van der Waals surface area (Å²) in [4.78, 5) is 18.2. The first-order valence-corrected chi connectivity index (χ1v) is 9.01. The molecule has 0 aliphatic rings. The molecule has 0 unspecified atom stereocenters. The summed E-state index contributed by atoms with van der Waals surface area (Å²) in [7, 11) is 3.75. The molecule has 0 saturated heterocycles. The highest BCUT2D eigenvalue weighted by molar-refractivity contribution is 6.05. The molecule has 0 radical (unpaired) electrons. The van der Waals surface area contributed by atoms with Crippen LogP contribution in [0.5, 0.6) is 0 Å². The molecule has 146 valence electrons. The van der Waals surface area contributed by atoms with Gasteiger partial charge in [0.05, 0.1) is 17.3 Å². The van der Waals surface area contributed by atoms with Gasteiger partial charge in [0.1, 0.15) is 0 Å². The van der Waals surface area contributed by atoms with Gasteiger partial charge in [0.2, 0.25) is 5.91 Å². The predicted octanol–water partition coefficient (Wildman–Crippen LogP) is 1.99. The molecule has 0 bridgehead atoms. The summed E-state index contributed by atoms with van der Waals surface area (Å²) in [5.41, 5.74) is 7.66. The van der Waals surface area contributed by atoms with E-state index < -0.39 is 5.91 Å². The molecule has 0 spiro atoms. The van der Waals surface area contributed by atoms with Crippen LogP contribution in [-0.4, -0.2) is 45.0 Å². The summed E-state index contributed by atoms with van der Waals surface area (Å²) in [5.74, 6) is 0.975. The van der Waals surface area contributed by atoms with Crippen molar-refractivity contribution in [1.82, 2.24) is 25.0 Å². The van der Waals surface area contributed by atoms with Crippen molar-refractivity contribution < 1.29 is 4.79 Å². The van der Waals surface area contributed by atoms with Crippen LogP contribution < -0.4 is 16.0 Å². The van der Waals surface area contributed by atoms with Crippen LogP contribution in [-0.2, 0) is 6.54 Å². The van der Waals surface area contributed by atoms with Gasteiger partial charge < -0.3 is 16.0 Å². The van der Waals surface area contributed by atoms with Gasteiger partial charge in [-0.05, 0) is 17.7 Å². The van der Waals surface area contributed by atoms with Gasteiger partial charge in [-0.25, -0.2) is 0 Å². The van der Waals surface area contributed by atoms with Crippen molar-refractivity contribution in [2.45, 2.75) is 6.54 Å². The van der Waals surface area contributed by atoms with Crippen LogP contribution in [0.4, 0.5) is 11.6 Å². The molecular formula is C20H20N8O. The van der Waals surface area contributed by atoms with E-state index in [1.165, 1.54) is 0 Å². The smallest absolute Gasteiger partial charge is 0.272 e. The van der Waals surface area contributed by atoms with Crippen molar-refractivity contribution in [2.75, 3.05) is 24.3 Å². The van der Waals surface area contributed by atoms with E-state index in [0.717, 1.165) is 5.56 Å². The van der Waals surface area contributed by atoms with Crippen LogP contribution in [0.3, 0.4) is 0 Å². The molecule has 4 aromatic rings. The van der Waals surface area contributed by atoms with E-state index in [-0.39, 0.29) is 0 Å². The Balaban J connectivity index is 1.74. The molecule has 0 aliphatic heterocycles. The zero-order chi connectivity index (χ0) is 20.4. The number of carbonyl (C=O) groups excluding carboxylic acids is 1. The van der Waals surface area contributed by atoms with Crippen molar-refractivity contribution >= 4 is 28.4 Å². The Morgan fingerprint density at radius 3 is 2.62 bits per heavy atom. The van der Waals surface area contributed by atoms with E-state index in [4.69, 9.17) is 5.73 Å². The summed E-state index contributed by atoms with van der Waals surface area (Å²) >= 11 is 0. The Labute approximate surface area is 167 Å². The lowest BCUT2D eigenvalue weighted by atomic mass is 10.1. The average Bonchev–Trinajstić information content (AvgIpc) is 3.16. The number of benzene rings is 2. The summed E-state index contributed by atoms with van der Waals surface area (Å²) in [6.45, 7) is 0.589. The van der Waals surface area contributed by atoms with E-state index in [1.54, 1.807) is 23.0 Å². The minimum absolute atomic E-state index is 0.294. The molecule has 0 saturated carbocycles. The molecule has 0 aliphatic carbocycles. The molecule has 2 heterocycles. The Morgan fingerprint density at radius 2 is 1.90 bits per heavy atom. The molecule has 9 heteroatoms. The summed E-state index contributed by atoms with van der Waals surface area (Å²) in [5, 5.41) is 16.8. The van der Waals surface area contributed by atoms with E-state index in [0.29, 0.717) is 40.6 Å². The number of anilines is 2. The third kappa shape index (κ3) is 3.57. The maximum absolute atomic E-state index is 11.7. The second kappa shape index (κ2) is 7.55. The molecule has 3 N–H and O–H groups in total. The number of amides is 1. The highest BCUT2D eigenvalue weighted by Crippen LogP contribution is 2.23. The van der Waals surface area contributed by atoms with Gasteiger partial charge in [-0.2, -0.15) is 14.8 Å². The number of rotatable bonds is 6. The van der Waals surface area contributed by atoms with E-state index >= 15 is 0 Å². The maximum atomic E-state index is 11.7. The topological polar surface area (TPSA) is 115 Å². The van der Waals surface area contributed by atoms with Gasteiger partial charge in [-0.1, -0.05) is 36.4 Å². The number of hydrogen-bond donors (Lipinski definition) is 2. The van der Waals surface area contributed by atoms with Gasteiger partial charge in [-0.3, -0.25) is 4.79 Å². The molecule has 4 rings (SSSR count). The normalized spacial score (nSPS) is 10.8. The lowest BCUT2D eigenvalue weighted by Gasteiger charge is -2.16. The fourth-order valence-electron chi connectivity index (χ4n) is 3.03. The van der Waals surface area contributed by atoms with Gasteiger partial charge >= 0.3 is 0 Å². The Morgan fingerprint density at radius 1 is 1.10 bits per heavy atom. The van der Waals surface area contributed by atoms with Crippen LogP contribution >= 0.6 is 0 Å². The average molecular weight is 388 g/mol. The van der Waals surface area contributed by atoms with Gasteiger partial charge in [-0.15, -0.1) is 10.2 Å². The first-order chi connectivity index (χ1) is 14.0. The highest BCUT2D eigenvalue weighted by atomic mass is 16.1. The quantitative estimate of drug-likeness (QED) is 0.519. The Kier molecular flexibility index (Phi) is 4.78. The predicted molar refractivity (Wildman–Crippen MR) is 111 cm³/mol. The molecular weight excluding hydrogens is 368 g/mol. The third-order valence-corrected chi connectivity index (χ3v) is 4.45. The van der Waals surface area contributed by atoms with Crippen LogP contribution in [0.15, 0.2) is 54.7 Å². The minimum atomic E-state index is -0.512. The second-order valence-electron chi connectivity index (χ2n) is 6.68. The largest absolute Gasteiger partial charge is 0.366 e. The van der Waals surface area contributed by atoms with Crippen LogP contribution in [0, 0.1) is 0 Å². The molecule has 1 amide bonds. The standard InChI is InChI=1S/C20H20N8O/c1-27(2)19-18(22-11-13-7-4-3-5-8-13)24-20(26-25-19)28-16-10-6-9-14(17(21)29)15(16)12-23-28/h3-10,12H,11H2,1-2H3,(H2,21,29)(H,22,24,26).